The van der Waals surface area contributed by atoms with Gasteiger partial charge in [0, 0.05) is 29.3 Å². The van der Waals surface area contributed by atoms with E-state index in [-0.39, 0.29) is 36.8 Å². The number of fused-ring (bicyclic) bond motifs is 1. The van der Waals surface area contributed by atoms with E-state index in [4.69, 9.17) is 4.74 Å². The Morgan fingerprint density at radius 3 is 2.71 bits per heavy atom. The van der Waals surface area contributed by atoms with Gasteiger partial charge in [0.1, 0.15) is 12.3 Å². The zero-order valence-corrected chi connectivity index (χ0v) is 18.3. The van der Waals surface area contributed by atoms with Crippen molar-refractivity contribution >= 4 is 50.7 Å². The van der Waals surface area contributed by atoms with Crippen LogP contribution in [0.25, 0.3) is 0 Å². The van der Waals surface area contributed by atoms with E-state index >= 15 is 0 Å². The molecule has 3 rings (SSSR count). The van der Waals surface area contributed by atoms with Crippen molar-refractivity contribution in [2.75, 3.05) is 37.0 Å². The smallest absolute Gasteiger partial charge is 0.271 e. The summed E-state index contributed by atoms with van der Waals surface area (Å²) in [6.07, 6.45) is 0. The number of hydrogen-bond acceptors (Lipinski definition) is 6. The zero-order valence-electron chi connectivity index (χ0n) is 16.8. The van der Waals surface area contributed by atoms with Crippen molar-refractivity contribution in [3.8, 4) is 5.75 Å². The average molecular weight is 491 g/mol. The molecule has 10 nitrogen and oxygen atoms in total. The summed E-state index contributed by atoms with van der Waals surface area (Å²) in [4.78, 5) is 50.1. The van der Waals surface area contributed by atoms with E-state index in [1.165, 1.54) is 30.1 Å². The van der Waals surface area contributed by atoms with Crippen molar-refractivity contribution in [3.05, 3.63) is 56.5 Å². The van der Waals surface area contributed by atoms with E-state index in [0.717, 1.165) is 14.9 Å². The van der Waals surface area contributed by atoms with Crippen LogP contribution >= 0.6 is 15.9 Å². The molecular formula is C20H19BrN4O6. The number of non-ortho nitro benzene ring substituents is 1. The van der Waals surface area contributed by atoms with Gasteiger partial charge in [0.25, 0.3) is 11.6 Å². The molecule has 0 unspecified atom stereocenters. The molecule has 0 atom stereocenters. The van der Waals surface area contributed by atoms with Gasteiger partial charge in [0.15, 0.2) is 6.61 Å². The average Bonchev–Trinajstić information content (AvgIpc) is 2.71. The first kappa shape index (κ1) is 22.2. The number of amides is 3. The topological polar surface area (TPSA) is 122 Å². The van der Waals surface area contributed by atoms with Gasteiger partial charge < -0.3 is 15.0 Å². The van der Waals surface area contributed by atoms with Crippen LogP contribution in [0.3, 0.4) is 0 Å². The maximum atomic E-state index is 12.7. The highest BCUT2D eigenvalue weighted by molar-refractivity contribution is 9.10. The molecule has 1 N–H and O–H groups in total. The lowest BCUT2D eigenvalue weighted by Crippen LogP contribution is -2.47. The quantitative estimate of drug-likeness (QED) is 0.490. The first-order valence-electron chi connectivity index (χ1n) is 9.17. The van der Waals surface area contributed by atoms with Crippen molar-refractivity contribution in [2.24, 2.45) is 0 Å². The van der Waals surface area contributed by atoms with Gasteiger partial charge >= 0.3 is 0 Å². The number of nitro groups is 1. The van der Waals surface area contributed by atoms with Gasteiger partial charge in [-0.25, -0.2) is 0 Å². The lowest BCUT2D eigenvalue weighted by atomic mass is 10.2. The Labute approximate surface area is 186 Å². The maximum absolute atomic E-state index is 12.7. The monoisotopic (exact) mass is 490 g/mol. The number of likely N-dealkylation sites (N-methyl/N-ethyl adjacent to an activating group) is 1. The third kappa shape index (κ3) is 5.18. The van der Waals surface area contributed by atoms with Crippen LogP contribution in [0.2, 0.25) is 0 Å². The molecule has 0 radical (unpaired) electrons. The number of carbonyl (C=O) groups is 3. The van der Waals surface area contributed by atoms with Gasteiger partial charge in [-0.05, 0) is 36.8 Å². The molecule has 0 aliphatic carbocycles. The summed E-state index contributed by atoms with van der Waals surface area (Å²) in [7, 11) is 1.44. The molecule has 162 valence electrons. The van der Waals surface area contributed by atoms with Gasteiger partial charge in [0.2, 0.25) is 11.8 Å². The highest BCUT2D eigenvalue weighted by atomic mass is 79.9. The van der Waals surface area contributed by atoms with Crippen LogP contribution in [-0.2, 0) is 14.4 Å². The summed E-state index contributed by atoms with van der Waals surface area (Å²) < 4.78 is 6.17. The number of benzene rings is 2. The van der Waals surface area contributed by atoms with E-state index in [1.54, 1.807) is 12.1 Å². The van der Waals surface area contributed by atoms with Crippen LogP contribution in [-0.4, -0.2) is 54.3 Å². The zero-order chi connectivity index (χ0) is 22.7. The highest BCUT2D eigenvalue weighted by Gasteiger charge is 2.30. The van der Waals surface area contributed by atoms with Crippen LogP contribution in [0.15, 0.2) is 40.9 Å². The van der Waals surface area contributed by atoms with E-state index in [2.05, 4.69) is 21.2 Å². The molecule has 2 aromatic rings. The lowest BCUT2D eigenvalue weighted by Gasteiger charge is -2.30. The summed E-state index contributed by atoms with van der Waals surface area (Å²) in [5.74, 6) is -1.14. The number of anilines is 2. The SMILES string of the molecule is Cc1cc(Br)ccc1NC(=O)CN(C)C(=O)CN1C(=O)COc2ccc([N+](=O)[O-])cc21. The summed E-state index contributed by atoms with van der Waals surface area (Å²) >= 11 is 3.35. The molecular weight excluding hydrogens is 472 g/mol. The van der Waals surface area contributed by atoms with Crippen molar-refractivity contribution in [3.63, 3.8) is 0 Å². The predicted octanol–water partition coefficient (Wildman–Crippen LogP) is 2.49. The van der Waals surface area contributed by atoms with E-state index in [1.807, 2.05) is 13.0 Å². The Bertz CT molecular complexity index is 1070. The molecule has 31 heavy (non-hydrogen) atoms. The Morgan fingerprint density at radius 1 is 1.29 bits per heavy atom. The van der Waals surface area contributed by atoms with E-state index < -0.39 is 22.6 Å². The summed E-state index contributed by atoms with van der Waals surface area (Å²) in [5.41, 5.74) is 1.39. The molecule has 1 heterocycles. The highest BCUT2D eigenvalue weighted by Crippen LogP contribution is 2.35. The van der Waals surface area contributed by atoms with Gasteiger partial charge in [-0.2, -0.15) is 0 Å². The second-order valence-corrected chi connectivity index (χ2v) is 7.85. The fraction of sp³-hybridized carbons (Fsp3) is 0.250. The fourth-order valence-corrected chi connectivity index (χ4v) is 3.47. The standard InChI is InChI=1S/C20H19BrN4O6/c1-12-7-13(21)3-5-15(12)22-18(26)9-23(2)19(27)10-24-16-8-14(25(29)30)4-6-17(16)31-11-20(24)28/h3-8H,9-11H2,1-2H3,(H,22,26). The van der Waals surface area contributed by atoms with Crippen molar-refractivity contribution in [2.45, 2.75) is 6.92 Å². The molecule has 0 saturated heterocycles. The van der Waals surface area contributed by atoms with Crippen molar-refractivity contribution < 1.29 is 24.0 Å². The largest absolute Gasteiger partial charge is 0.482 e. The molecule has 0 bridgehead atoms. The molecule has 0 spiro atoms. The van der Waals surface area contributed by atoms with Crippen molar-refractivity contribution in [1.29, 1.82) is 0 Å². The Balaban J connectivity index is 1.68. The number of rotatable bonds is 6. The number of nitrogens with zero attached hydrogens (tertiary/aromatic N) is 3. The molecule has 11 heteroatoms. The normalized spacial score (nSPS) is 12.6. The van der Waals surface area contributed by atoms with Crippen molar-refractivity contribution in [1.82, 2.24) is 4.90 Å². The third-order valence-corrected chi connectivity index (χ3v) is 5.15. The Hall–Kier alpha value is -3.47. The molecule has 1 aliphatic rings. The number of ether oxygens (including phenoxy) is 1. The minimum Gasteiger partial charge on any atom is -0.482 e. The van der Waals surface area contributed by atoms with E-state index in [0.29, 0.717) is 5.69 Å². The van der Waals surface area contributed by atoms with Gasteiger partial charge in [-0.1, -0.05) is 15.9 Å². The van der Waals surface area contributed by atoms with Gasteiger partial charge in [0.05, 0.1) is 17.2 Å². The summed E-state index contributed by atoms with van der Waals surface area (Å²) in [6, 6.07) is 9.21. The number of nitrogens with one attached hydrogen (secondary N) is 1. The number of hydrogen-bond donors (Lipinski definition) is 1. The maximum Gasteiger partial charge on any atom is 0.271 e. The van der Waals surface area contributed by atoms with Crippen LogP contribution in [0, 0.1) is 17.0 Å². The molecule has 0 saturated carbocycles. The molecule has 2 aromatic carbocycles. The van der Waals surface area contributed by atoms with Crippen LogP contribution in [0.4, 0.5) is 17.1 Å². The van der Waals surface area contributed by atoms with Crippen LogP contribution in [0.5, 0.6) is 5.75 Å². The molecule has 0 fully saturated rings. The molecule has 0 aromatic heterocycles. The van der Waals surface area contributed by atoms with Crippen LogP contribution in [0.1, 0.15) is 5.56 Å². The molecule has 1 aliphatic heterocycles. The second-order valence-electron chi connectivity index (χ2n) is 6.93. The van der Waals surface area contributed by atoms with E-state index in [9.17, 15) is 24.5 Å². The number of aryl methyl sites for hydroxylation is 1. The first-order valence-corrected chi connectivity index (χ1v) is 9.96. The second kappa shape index (κ2) is 9.13. The minimum atomic E-state index is -0.597. The Morgan fingerprint density at radius 2 is 2.03 bits per heavy atom. The number of carbonyl (C=O) groups excluding carboxylic acids is 3. The Kier molecular flexibility index (Phi) is 6.54. The fourth-order valence-electron chi connectivity index (χ4n) is 2.99. The lowest BCUT2D eigenvalue weighted by molar-refractivity contribution is -0.384. The minimum absolute atomic E-state index is 0.141. The number of nitro benzene ring substituents is 1. The van der Waals surface area contributed by atoms with Gasteiger partial charge in [-0.15, -0.1) is 0 Å². The summed E-state index contributed by atoms with van der Waals surface area (Å²) in [6.45, 7) is 0.952. The summed E-state index contributed by atoms with van der Waals surface area (Å²) in [5, 5.41) is 13.8. The van der Waals surface area contributed by atoms with Crippen LogP contribution < -0.4 is 15.0 Å². The predicted molar refractivity (Wildman–Crippen MR) is 116 cm³/mol. The molecule has 3 amide bonds. The first-order chi connectivity index (χ1) is 14.7. The van der Waals surface area contributed by atoms with Gasteiger partial charge in [-0.3, -0.25) is 29.4 Å². The number of halogens is 1. The third-order valence-electron chi connectivity index (χ3n) is 4.66.